The van der Waals surface area contributed by atoms with E-state index in [0.29, 0.717) is 19.5 Å². The number of unbranched alkanes of at least 4 members (excludes halogenated alkanes) is 1. The Kier molecular flexibility index (Phi) is 3.42. The quantitative estimate of drug-likeness (QED) is 0.790. The van der Waals surface area contributed by atoms with Crippen molar-refractivity contribution in [3.63, 3.8) is 0 Å². The molecule has 0 bridgehead atoms. The Hall–Kier alpha value is -1.84. The Labute approximate surface area is 99.9 Å². The number of benzene rings is 1. The molecule has 17 heavy (non-hydrogen) atoms. The van der Waals surface area contributed by atoms with Gasteiger partial charge in [-0.1, -0.05) is 18.2 Å². The van der Waals surface area contributed by atoms with Gasteiger partial charge in [-0.25, -0.2) is 0 Å². The monoisotopic (exact) mass is 233 g/mol. The lowest BCUT2D eigenvalue weighted by Gasteiger charge is -2.14. The predicted molar refractivity (Wildman–Crippen MR) is 62.7 cm³/mol. The standard InChI is InChI=1S/C13H15NO3/c15-12(16)7-3-4-8-14-9-10-5-1-2-6-11(10)13(14)17/h1-2,5-6H,3-4,7-9H2,(H,15,16). The first-order chi connectivity index (χ1) is 8.18. The van der Waals surface area contributed by atoms with Crippen molar-refractivity contribution in [1.29, 1.82) is 0 Å². The van der Waals surface area contributed by atoms with E-state index in [9.17, 15) is 9.59 Å². The van der Waals surface area contributed by atoms with Gasteiger partial charge in [0, 0.05) is 25.1 Å². The van der Waals surface area contributed by atoms with Crippen molar-refractivity contribution in [2.75, 3.05) is 6.54 Å². The Bertz CT molecular complexity index is 442. The molecule has 1 amide bonds. The fraction of sp³-hybridized carbons (Fsp3) is 0.385. The van der Waals surface area contributed by atoms with E-state index in [1.807, 2.05) is 24.3 Å². The molecule has 0 saturated heterocycles. The van der Waals surface area contributed by atoms with Crippen LogP contribution in [0.25, 0.3) is 0 Å². The van der Waals surface area contributed by atoms with Gasteiger partial charge in [-0.2, -0.15) is 0 Å². The van der Waals surface area contributed by atoms with Crippen molar-refractivity contribution in [2.24, 2.45) is 0 Å². The zero-order chi connectivity index (χ0) is 12.3. The number of rotatable bonds is 5. The lowest BCUT2D eigenvalue weighted by Crippen LogP contribution is -2.25. The maximum absolute atomic E-state index is 11.9. The van der Waals surface area contributed by atoms with Crippen LogP contribution in [0.4, 0.5) is 0 Å². The first-order valence-electron chi connectivity index (χ1n) is 5.77. The second-order valence-electron chi connectivity index (χ2n) is 4.23. The van der Waals surface area contributed by atoms with Gasteiger partial charge in [0.25, 0.3) is 5.91 Å². The smallest absolute Gasteiger partial charge is 0.303 e. The molecule has 0 radical (unpaired) electrons. The van der Waals surface area contributed by atoms with Crippen LogP contribution < -0.4 is 0 Å². The van der Waals surface area contributed by atoms with Gasteiger partial charge in [0.05, 0.1) is 0 Å². The molecule has 0 fully saturated rings. The molecule has 0 atom stereocenters. The average molecular weight is 233 g/mol. The molecule has 1 N–H and O–H groups in total. The summed E-state index contributed by atoms with van der Waals surface area (Å²) in [6.07, 6.45) is 1.54. The molecule has 4 heteroatoms. The van der Waals surface area contributed by atoms with Crippen LogP contribution in [0.5, 0.6) is 0 Å². The molecule has 0 spiro atoms. The number of carboxylic acid groups (broad SMARTS) is 1. The highest BCUT2D eigenvalue weighted by Gasteiger charge is 2.25. The summed E-state index contributed by atoms with van der Waals surface area (Å²) in [4.78, 5) is 24.1. The van der Waals surface area contributed by atoms with Crippen molar-refractivity contribution >= 4 is 11.9 Å². The van der Waals surface area contributed by atoms with Crippen molar-refractivity contribution in [2.45, 2.75) is 25.8 Å². The highest BCUT2D eigenvalue weighted by atomic mass is 16.4. The summed E-state index contributed by atoms with van der Waals surface area (Å²) in [5.41, 5.74) is 1.85. The van der Waals surface area contributed by atoms with Crippen molar-refractivity contribution in [3.8, 4) is 0 Å². The van der Waals surface area contributed by atoms with Crippen LogP contribution in [0.2, 0.25) is 0 Å². The zero-order valence-electron chi connectivity index (χ0n) is 9.56. The highest BCUT2D eigenvalue weighted by Crippen LogP contribution is 2.22. The van der Waals surface area contributed by atoms with Gasteiger partial charge in [0.15, 0.2) is 0 Å². The van der Waals surface area contributed by atoms with Crippen LogP contribution in [-0.2, 0) is 11.3 Å². The minimum atomic E-state index is -0.777. The summed E-state index contributed by atoms with van der Waals surface area (Å²) < 4.78 is 0. The second-order valence-corrected chi connectivity index (χ2v) is 4.23. The van der Waals surface area contributed by atoms with E-state index in [-0.39, 0.29) is 12.3 Å². The summed E-state index contributed by atoms with van der Waals surface area (Å²) in [7, 11) is 0. The summed E-state index contributed by atoms with van der Waals surface area (Å²) in [6.45, 7) is 1.29. The number of aliphatic carboxylic acids is 1. The van der Waals surface area contributed by atoms with Crippen LogP contribution in [0.15, 0.2) is 24.3 Å². The van der Waals surface area contributed by atoms with E-state index in [0.717, 1.165) is 17.5 Å². The first-order valence-corrected chi connectivity index (χ1v) is 5.77. The third-order valence-electron chi connectivity index (χ3n) is 2.96. The van der Waals surface area contributed by atoms with Crippen LogP contribution in [0.1, 0.15) is 35.2 Å². The Morgan fingerprint density at radius 3 is 2.76 bits per heavy atom. The minimum absolute atomic E-state index is 0.0657. The van der Waals surface area contributed by atoms with Crippen LogP contribution in [-0.4, -0.2) is 28.4 Å². The van der Waals surface area contributed by atoms with Crippen LogP contribution >= 0.6 is 0 Å². The summed E-state index contributed by atoms with van der Waals surface area (Å²) >= 11 is 0. The molecule has 0 saturated carbocycles. The van der Waals surface area contributed by atoms with Gasteiger partial charge in [0.1, 0.15) is 0 Å². The fourth-order valence-corrected chi connectivity index (χ4v) is 2.07. The molecule has 1 aliphatic heterocycles. The summed E-state index contributed by atoms with van der Waals surface area (Å²) in [5.74, 6) is -0.711. The summed E-state index contributed by atoms with van der Waals surface area (Å²) in [6, 6.07) is 7.60. The van der Waals surface area contributed by atoms with E-state index in [4.69, 9.17) is 5.11 Å². The van der Waals surface area contributed by atoms with Gasteiger partial charge in [-0.15, -0.1) is 0 Å². The number of hydrogen-bond acceptors (Lipinski definition) is 2. The number of carbonyl (C=O) groups is 2. The van der Waals surface area contributed by atoms with Crippen molar-refractivity contribution in [1.82, 2.24) is 4.90 Å². The summed E-state index contributed by atoms with van der Waals surface area (Å²) in [5, 5.41) is 8.52. The molecule has 90 valence electrons. The topological polar surface area (TPSA) is 57.6 Å². The van der Waals surface area contributed by atoms with E-state index < -0.39 is 5.97 Å². The molecule has 0 unspecified atom stereocenters. The van der Waals surface area contributed by atoms with E-state index in [1.165, 1.54) is 0 Å². The normalized spacial score (nSPS) is 13.9. The predicted octanol–water partition coefficient (Wildman–Crippen LogP) is 1.90. The largest absolute Gasteiger partial charge is 0.481 e. The van der Waals surface area contributed by atoms with Crippen LogP contribution in [0.3, 0.4) is 0 Å². The molecule has 0 aliphatic carbocycles. The molecule has 2 rings (SSSR count). The molecule has 4 nitrogen and oxygen atoms in total. The number of nitrogens with zero attached hydrogens (tertiary/aromatic N) is 1. The van der Waals surface area contributed by atoms with Gasteiger partial charge in [-0.3, -0.25) is 9.59 Å². The molecule has 1 aliphatic rings. The van der Waals surface area contributed by atoms with Crippen LogP contribution in [0, 0.1) is 0 Å². The van der Waals surface area contributed by atoms with Gasteiger partial charge in [0.2, 0.25) is 0 Å². The van der Waals surface area contributed by atoms with Gasteiger partial charge in [-0.05, 0) is 24.5 Å². The van der Waals surface area contributed by atoms with Gasteiger partial charge < -0.3 is 10.0 Å². The molecule has 0 aromatic heterocycles. The highest BCUT2D eigenvalue weighted by molar-refractivity contribution is 5.98. The molecule has 1 heterocycles. The third-order valence-corrected chi connectivity index (χ3v) is 2.96. The number of carboxylic acids is 1. The second kappa shape index (κ2) is 4.99. The fourth-order valence-electron chi connectivity index (χ4n) is 2.07. The van der Waals surface area contributed by atoms with E-state index in [2.05, 4.69) is 0 Å². The Morgan fingerprint density at radius 2 is 2.06 bits per heavy atom. The molecule has 1 aromatic carbocycles. The maximum Gasteiger partial charge on any atom is 0.303 e. The number of amides is 1. The molecule has 1 aromatic rings. The van der Waals surface area contributed by atoms with Crippen molar-refractivity contribution in [3.05, 3.63) is 35.4 Å². The lowest BCUT2D eigenvalue weighted by molar-refractivity contribution is -0.137. The number of fused-ring (bicyclic) bond motifs is 1. The average Bonchev–Trinajstić information content (AvgIpc) is 2.63. The lowest BCUT2D eigenvalue weighted by atomic mass is 10.1. The van der Waals surface area contributed by atoms with E-state index in [1.54, 1.807) is 4.90 Å². The Balaban J connectivity index is 1.86. The SMILES string of the molecule is O=C(O)CCCCN1Cc2ccccc2C1=O. The van der Waals surface area contributed by atoms with Crippen molar-refractivity contribution < 1.29 is 14.7 Å². The zero-order valence-corrected chi connectivity index (χ0v) is 9.56. The number of carbonyl (C=O) groups excluding carboxylic acids is 1. The van der Waals surface area contributed by atoms with E-state index >= 15 is 0 Å². The first kappa shape index (κ1) is 11.6. The minimum Gasteiger partial charge on any atom is -0.481 e. The van der Waals surface area contributed by atoms with Gasteiger partial charge >= 0.3 is 5.97 Å². The molecular formula is C13H15NO3. The Morgan fingerprint density at radius 1 is 1.29 bits per heavy atom. The number of hydrogen-bond donors (Lipinski definition) is 1. The molecular weight excluding hydrogens is 218 g/mol. The maximum atomic E-state index is 11.9. The third kappa shape index (κ3) is 2.64.